The standard InChI is InChI=1S/C10H17N3OS/c1-7-2-3-10(4-7,6-11)5-8-12-9(15)14-13-8/h7H,2-6,11H2,1H3,(H,12,13,15). The van der Waals surface area contributed by atoms with Crippen LogP contribution < -0.4 is 5.73 Å². The fourth-order valence-corrected chi connectivity index (χ4v) is 2.76. The van der Waals surface area contributed by atoms with Gasteiger partial charge in [-0.05, 0) is 42.9 Å². The highest BCUT2D eigenvalue weighted by Gasteiger charge is 2.37. The molecule has 2 atom stereocenters. The van der Waals surface area contributed by atoms with Crippen molar-refractivity contribution in [2.75, 3.05) is 6.54 Å². The van der Waals surface area contributed by atoms with Crippen LogP contribution in [0.25, 0.3) is 0 Å². The molecule has 4 nitrogen and oxygen atoms in total. The van der Waals surface area contributed by atoms with Crippen LogP contribution in [0.3, 0.4) is 0 Å². The molecule has 1 aliphatic carbocycles. The molecule has 0 radical (unpaired) electrons. The van der Waals surface area contributed by atoms with Crippen LogP contribution in [0.1, 0.15) is 32.0 Å². The summed E-state index contributed by atoms with van der Waals surface area (Å²) < 4.78 is 4.93. The number of nitrogens with two attached hydrogens (primary N) is 1. The molecule has 5 heteroatoms. The van der Waals surface area contributed by atoms with E-state index in [4.69, 9.17) is 22.5 Å². The highest BCUT2D eigenvalue weighted by atomic mass is 32.1. The zero-order valence-corrected chi connectivity index (χ0v) is 9.77. The van der Waals surface area contributed by atoms with Crippen molar-refractivity contribution in [1.29, 1.82) is 0 Å². The molecule has 1 fully saturated rings. The summed E-state index contributed by atoms with van der Waals surface area (Å²) in [5, 5.41) is 2.76. The molecule has 0 spiro atoms. The molecule has 0 saturated heterocycles. The maximum Gasteiger partial charge on any atom is 0.314 e. The van der Waals surface area contributed by atoms with Gasteiger partial charge in [0.05, 0.1) is 0 Å². The van der Waals surface area contributed by atoms with Gasteiger partial charge >= 0.3 is 4.84 Å². The molecule has 2 rings (SSSR count). The Morgan fingerprint density at radius 3 is 3.00 bits per heavy atom. The van der Waals surface area contributed by atoms with Crippen molar-refractivity contribution >= 4 is 12.2 Å². The summed E-state index contributed by atoms with van der Waals surface area (Å²) in [6, 6.07) is 0. The van der Waals surface area contributed by atoms with E-state index in [1.165, 1.54) is 19.3 Å². The number of aromatic nitrogens is 2. The van der Waals surface area contributed by atoms with Gasteiger partial charge < -0.3 is 10.3 Å². The monoisotopic (exact) mass is 227 g/mol. The third-order valence-electron chi connectivity index (χ3n) is 3.41. The summed E-state index contributed by atoms with van der Waals surface area (Å²) in [5.41, 5.74) is 6.09. The smallest absolute Gasteiger partial charge is 0.314 e. The van der Waals surface area contributed by atoms with Crippen LogP contribution in [0.2, 0.25) is 0 Å². The van der Waals surface area contributed by atoms with Crippen molar-refractivity contribution in [3.8, 4) is 0 Å². The average molecular weight is 227 g/mol. The quantitative estimate of drug-likeness (QED) is 0.775. The van der Waals surface area contributed by atoms with Crippen LogP contribution in [0, 0.1) is 16.2 Å². The van der Waals surface area contributed by atoms with Gasteiger partial charge in [-0.25, -0.2) is 5.16 Å². The molecule has 84 valence electrons. The van der Waals surface area contributed by atoms with Crippen molar-refractivity contribution < 1.29 is 4.52 Å². The zero-order chi connectivity index (χ0) is 10.9. The maximum absolute atomic E-state index is 5.89. The van der Waals surface area contributed by atoms with Crippen LogP contribution in [0.4, 0.5) is 0 Å². The lowest BCUT2D eigenvalue weighted by Gasteiger charge is -2.25. The van der Waals surface area contributed by atoms with E-state index in [2.05, 4.69) is 17.1 Å². The van der Waals surface area contributed by atoms with Gasteiger partial charge in [-0.1, -0.05) is 13.3 Å². The normalized spacial score (nSPS) is 30.9. The van der Waals surface area contributed by atoms with Gasteiger partial charge in [0.15, 0.2) is 0 Å². The van der Waals surface area contributed by atoms with E-state index in [0.29, 0.717) is 6.54 Å². The van der Waals surface area contributed by atoms with Crippen LogP contribution in [0.15, 0.2) is 4.52 Å². The predicted octanol–water partition coefficient (Wildman–Crippen LogP) is 2.04. The number of aromatic amines is 1. The molecule has 1 aromatic rings. The lowest BCUT2D eigenvalue weighted by Crippen LogP contribution is -2.30. The minimum atomic E-state index is 0.203. The lowest BCUT2D eigenvalue weighted by molar-refractivity contribution is 0.283. The molecule has 0 bridgehead atoms. The lowest BCUT2D eigenvalue weighted by atomic mass is 9.82. The molecule has 1 heterocycles. The van der Waals surface area contributed by atoms with Gasteiger partial charge in [-0.3, -0.25) is 0 Å². The third-order valence-corrected chi connectivity index (χ3v) is 3.58. The second kappa shape index (κ2) is 4.06. The Balaban J connectivity index is 2.11. The number of nitrogens with one attached hydrogen (secondary N) is 1. The highest BCUT2D eigenvalue weighted by molar-refractivity contribution is 7.71. The van der Waals surface area contributed by atoms with Gasteiger partial charge in [-0.15, -0.1) is 0 Å². The average Bonchev–Trinajstić information content (AvgIpc) is 2.75. The summed E-state index contributed by atoms with van der Waals surface area (Å²) in [4.78, 5) is 4.41. The van der Waals surface area contributed by atoms with E-state index in [-0.39, 0.29) is 10.3 Å². The molecule has 1 aliphatic rings. The first-order chi connectivity index (χ1) is 7.13. The van der Waals surface area contributed by atoms with Crippen molar-refractivity contribution in [3.63, 3.8) is 0 Å². The van der Waals surface area contributed by atoms with Gasteiger partial charge in [0.25, 0.3) is 0 Å². The number of nitrogens with zero attached hydrogens (tertiary/aromatic N) is 1. The first-order valence-corrected chi connectivity index (χ1v) is 5.79. The van der Waals surface area contributed by atoms with Crippen molar-refractivity contribution in [1.82, 2.24) is 10.1 Å². The molecule has 0 amide bonds. The molecule has 1 aromatic heterocycles. The molecule has 15 heavy (non-hydrogen) atoms. The minimum absolute atomic E-state index is 0.203. The molecule has 0 aromatic carbocycles. The summed E-state index contributed by atoms with van der Waals surface area (Å²) in [5.74, 6) is 1.60. The van der Waals surface area contributed by atoms with E-state index in [0.717, 1.165) is 18.2 Å². The van der Waals surface area contributed by atoms with E-state index < -0.39 is 0 Å². The summed E-state index contributed by atoms with van der Waals surface area (Å²) in [6.07, 6.45) is 4.47. The van der Waals surface area contributed by atoms with Gasteiger partial charge in [0.2, 0.25) is 0 Å². The first kappa shape index (κ1) is 10.8. The van der Waals surface area contributed by atoms with E-state index in [1.807, 2.05) is 0 Å². The van der Waals surface area contributed by atoms with Crippen molar-refractivity contribution in [2.45, 2.75) is 32.6 Å². The van der Waals surface area contributed by atoms with Gasteiger partial charge in [-0.2, -0.15) is 4.98 Å². The molecular formula is C10H17N3OS. The molecule has 1 saturated carbocycles. The Morgan fingerprint density at radius 1 is 1.73 bits per heavy atom. The van der Waals surface area contributed by atoms with Crippen LogP contribution >= 0.6 is 12.2 Å². The van der Waals surface area contributed by atoms with E-state index >= 15 is 0 Å². The Labute approximate surface area is 94.2 Å². The van der Waals surface area contributed by atoms with Crippen LogP contribution in [-0.2, 0) is 6.42 Å². The second-order valence-electron chi connectivity index (χ2n) is 4.76. The summed E-state index contributed by atoms with van der Waals surface area (Å²) in [7, 11) is 0. The second-order valence-corrected chi connectivity index (χ2v) is 5.11. The van der Waals surface area contributed by atoms with Gasteiger partial charge in [0, 0.05) is 6.42 Å². The molecule has 3 N–H and O–H groups in total. The SMILES string of the molecule is CC1CCC(CN)(Cc2nc(=S)o[nH]2)C1. The predicted molar refractivity (Wildman–Crippen MR) is 59.9 cm³/mol. The molecule has 2 unspecified atom stereocenters. The first-order valence-electron chi connectivity index (χ1n) is 5.38. The summed E-state index contributed by atoms with van der Waals surface area (Å²) >= 11 is 4.83. The molecular weight excluding hydrogens is 210 g/mol. The van der Waals surface area contributed by atoms with Crippen molar-refractivity contribution in [2.24, 2.45) is 17.1 Å². The minimum Gasteiger partial charge on any atom is -0.348 e. The molecule has 0 aliphatic heterocycles. The zero-order valence-electron chi connectivity index (χ0n) is 8.95. The fraction of sp³-hybridized carbons (Fsp3) is 0.800. The van der Waals surface area contributed by atoms with Crippen LogP contribution in [-0.4, -0.2) is 16.7 Å². The number of rotatable bonds is 3. The largest absolute Gasteiger partial charge is 0.348 e. The number of hydrogen-bond donors (Lipinski definition) is 2. The van der Waals surface area contributed by atoms with E-state index in [1.54, 1.807) is 0 Å². The van der Waals surface area contributed by atoms with E-state index in [9.17, 15) is 0 Å². The van der Waals surface area contributed by atoms with Crippen LogP contribution in [0.5, 0.6) is 0 Å². The Morgan fingerprint density at radius 2 is 2.53 bits per heavy atom. The third kappa shape index (κ3) is 2.29. The Kier molecular flexibility index (Phi) is 2.93. The number of hydrogen-bond acceptors (Lipinski definition) is 4. The Hall–Kier alpha value is -0.680. The number of H-pyrrole nitrogens is 1. The maximum atomic E-state index is 5.89. The summed E-state index contributed by atoms with van der Waals surface area (Å²) in [6.45, 7) is 2.99. The highest BCUT2D eigenvalue weighted by Crippen LogP contribution is 2.42. The van der Waals surface area contributed by atoms with Gasteiger partial charge in [0.1, 0.15) is 5.82 Å². The van der Waals surface area contributed by atoms with Crippen molar-refractivity contribution in [3.05, 3.63) is 10.7 Å². The fourth-order valence-electron chi connectivity index (χ4n) is 2.60. The topological polar surface area (TPSA) is 67.8 Å². The Bertz CT molecular complexity index is 386.